The van der Waals surface area contributed by atoms with Gasteiger partial charge in [-0.25, -0.2) is 0 Å². The van der Waals surface area contributed by atoms with Crippen LogP contribution < -0.4 is 10.6 Å². The van der Waals surface area contributed by atoms with Crippen LogP contribution in [0.1, 0.15) is 59.2 Å². The number of likely N-dealkylation sites (tertiary alicyclic amines) is 1. The Morgan fingerprint density at radius 2 is 1.84 bits per heavy atom. The molecule has 9 nitrogen and oxygen atoms in total. The van der Waals surface area contributed by atoms with Gasteiger partial charge in [0.25, 0.3) is 0 Å². The van der Waals surface area contributed by atoms with Crippen LogP contribution in [0.4, 0.5) is 0 Å². The number of rotatable bonds is 6. The highest BCUT2D eigenvalue weighted by Gasteiger charge is 2.69. The van der Waals surface area contributed by atoms with E-state index in [1.54, 1.807) is 11.1 Å². The number of carbonyl (C=O) groups is 3. The van der Waals surface area contributed by atoms with Crippen LogP contribution in [0.25, 0.3) is 10.8 Å². The zero-order valence-corrected chi connectivity index (χ0v) is 22.0. The van der Waals surface area contributed by atoms with E-state index < -0.39 is 23.5 Å². The van der Waals surface area contributed by atoms with Gasteiger partial charge in [-0.2, -0.15) is 15.5 Å². The molecule has 0 bridgehead atoms. The van der Waals surface area contributed by atoms with Crippen molar-refractivity contribution in [1.29, 1.82) is 5.26 Å². The number of benzene rings is 1. The summed E-state index contributed by atoms with van der Waals surface area (Å²) in [5, 5.41) is 25.6. The molecule has 1 saturated heterocycles. The lowest BCUT2D eigenvalue weighted by Gasteiger charge is -2.37. The molecule has 2 heterocycles. The second-order valence-corrected chi connectivity index (χ2v) is 12.4. The normalized spacial score (nSPS) is 25.5. The van der Waals surface area contributed by atoms with Crippen LogP contribution >= 0.6 is 0 Å². The standard InChI is InChI=1S/C28H34N6O3/c1-27(2,3)23(32-24(35)15-10-11-15)26(37)34-14-18-20(28(18,4)5)22(34)25(36)31-19(12-29)21-17-9-7-6-8-16(17)13-30-33-21/h6-9,13,15,18-20,22-23H,10-11,14H2,1-5H3,(H,31,36)(H,32,35)/t18-,19?,20-,22-,23?/m0/s1. The lowest BCUT2D eigenvalue weighted by molar-refractivity contribution is -0.145. The number of nitrogens with zero attached hydrogens (tertiary/aromatic N) is 4. The molecule has 3 aliphatic rings. The summed E-state index contributed by atoms with van der Waals surface area (Å²) >= 11 is 0. The predicted molar refractivity (Wildman–Crippen MR) is 136 cm³/mol. The van der Waals surface area contributed by atoms with E-state index in [4.69, 9.17) is 0 Å². The molecule has 2 unspecified atom stereocenters. The minimum atomic E-state index is -1.02. The Kier molecular flexibility index (Phi) is 5.97. The molecule has 2 N–H and O–H groups in total. The fourth-order valence-electron chi connectivity index (χ4n) is 5.89. The molecule has 1 aliphatic heterocycles. The monoisotopic (exact) mass is 502 g/mol. The quantitative estimate of drug-likeness (QED) is 0.625. The van der Waals surface area contributed by atoms with Crippen LogP contribution in [0, 0.1) is 39.9 Å². The first-order chi connectivity index (χ1) is 17.4. The third-order valence-corrected chi connectivity index (χ3v) is 8.40. The molecule has 2 aliphatic carbocycles. The molecular weight excluding hydrogens is 468 g/mol. The Balaban J connectivity index is 1.41. The average Bonchev–Trinajstić information content (AvgIpc) is 3.73. The smallest absolute Gasteiger partial charge is 0.246 e. The highest BCUT2D eigenvalue weighted by Crippen LogP contribution is 2.65. The number of fused-ring (bicyclic) bond motifs is 2. The number of nitriles is 1. The first-order valence-electron chi connectivity index (χ1n) is 13.0. The van der Waals surface area contributed by atoms with Crippen LogP contribution in [-0.2, 0) is 14.4 Å². The topological polar surface area (TPSA) is 128 Å². The van der Waals surface area contributed by atoms with E-state index in [1.165, 1.54) is 0 Å². The summed E-state index contributed by atoms with van der Waals surface area (Å²) < 4.78 is 0. The minimum absolute atomic E-state index is 0.0193. The second kappa shape index (κ2) is 8.79. The van der Waals surface area contributed by atoms with E-state index in [9.17, 15) is 19.6 Å². The minimum Gasteiger partial charge on any atom is -0.344 e. The molecule has 9 heteroatoms. The molecule has 1 aromatic carbocycles. The van der Waals surface area contributed by atoms with Crippen LogP contribution in [0.15, 0.2) is 30.5 Å². The maximum Gasteiger partial charge on any atom is 0.246 e. The fraction of sp³-hybridized carbons (Fsp3) is 0.571. The van der Waals surface area contributed by atoms with Crippen molar-refractivity contribution in [3.63, 3.8) is 0 Å². The van der Waals surface area contributed by atoms with Gasteiger partial charge in [-0.05, 0) is 35.5 Å². The van der Waals surface area contributed by atoms with E-state index in [1.807, 2.05) is 45.0 Å². The van der Waals surface area contributed by atoms with Crippen molar-refractivity contribution in [3.05, 3.63) is 36.2 Å². The van der Waals surface area contributed by atoms with Gasteiger partial charge < -0.3 is 15.5 Å². The number of hydrogen-bond donors (Lipinski definition) is 2. The van der Waals surface area contributed by atoms with Crippen molar-refractivity contribution in [3.8, 4) is 6.07 Å². The van der Waals surface area contributed by atoms with E-state index in [-0.39, 0.29) is 40.9 Å². The summed E-state index contributed by atoms with van der Waals surface area (Å²) in [5.41, 5.74) is -0.242. The van der Waals surface area contributed by atoms with Gasteiger partial charge in [0.15, 0.2) is 6.04 Å². The first kappa shape index (κ1) is 25.1. The SMILES string of the molecule is CC(C)(C)C(NC(=O)C1CC1)C(=O)N1C[C@H]2[C@@H]([C@H]1C(=O)NC(C#N)c1nncc3ccccc13)C2(C)C. The van der Waals surface area contributed by atoms with Crippen LogP contribution in [-0.4, -0.2) is 51.4 Å². The van der Waals surface area contributed by atoms with E-state index in [2.05, 4.69) is 40.7 Å². The Morgan fingerprint density at radius 1 is 1.14 bits per heavy atom. The van der Waals surface area contributed by atoms with Crippen molar-refractivity contribution < 1.29 is 14.4 Å². The lowest BCUT2D eigenvalue weighted by atomic mass is 9.85. The molecule has 0 radical (unpaired) electrons. The number of aromatic nitrogens is 2. The van der Waals surface area contributed by atoms with Gasteiger partial charge >= 0.3 is 0 Å². The molecular formula is C28H34N6O3. The van der Waals surface area contributed by atoms with E-state index >= 15 is 0 Å². The van der Waals surface area contributed by atoms with Crippen LogP contribution in [0.3, 0.4) is 0 Å². The summed E-state index contributed by atoms with van der Waals surface area (Å²) in [6, 6.07) is 7.11. The van der Waals surface area contributed by atoms with Gasteiger partial charge in [-0.1, -0.05) is 58.9 Å². The highest BCUT2D eigenvalue weighted by molar-refractivity contribution is 5.95. The maximum absolute atomic E-state index is 13.9. The number of piperidine rings is 1. The van der Waals surface area contributed by atoms with Gasteiger partial charge in [0.2, 0.25) is 17.7 Å². The van der Waals surface area contributed by atoms with Gasteiger partial charge in [-0.15, -0.1) is 0 Å². The van der Waals surface area contributed by atoms with Gasteiger partial charge in [0.05, 0.1) is 12.3 Å². The van der Waals surface area contributed by atoms with Crippen molar-refractivity contribution in [2.75, 3.05) is 6.54 Å². The second-order valence-electron chi connectivity index (χ2n) is 12.4. The number of amides is 3. The Bertz CT molecular complexity index is 1300. The lowest BCUT2D eigenvalue weighted by Crippen LogP contribution is -2.59. The first-order valence-corrected chi connectivity index (χ1v) is 13.0. The largest absolute Gasteiger partial charge is 0.344 e. The maximum atomic E-state index is 13.9. The Morgan fingerprint density at radius 3 is 2.49 bits per heavy atom. The molecule has 5 rings (SSSR count). The van der Waals surface area contributed by atoms with Gasteiger partial charge in [0.1, 0.15) is 17.8 Å². The molecule has 37 heavy (non-hydrogen) atoms. The van der Waals surface area contributed by atoms with Gasteiger partial charge in [0, 0.05) is 23.2 Å². The zero-order chi connectivity index (χ0) is 26.7. The average molecular weight is 503 g/mol. The third-order valence-electron chi connectivity index (χ3n) is 8.40. The zero-order valence-electron chi connectivity index (χ0n) is 22.0. The molecule has 2 saturated carbocycles. The molecule has 3 fully saturated rings. The summed E-state index contributed by atoms with van der Waals surface area (Å²) in [4.78, 5) is 41.9. The summed E-state index contributed by atoms with van der Waals surface area (Å²) in [6.07, 6.45) is 3.31. The number of nitrogens with one attached hydrogen (secondary N) is 2. The van der Waals surface area contributed by atoms with Crippen molar-refractivity contribution in [2.24, 2.45) is 28.6 Å². The predicted octanol–water partition coefficient (Wildman–Crippen LogP) is 2.73. The third kappa shape index (κ3) is 4.43. The van der Waals surface area contributed by atoms with Crippen molar-refractivity contribution >= 4 is 28.5 Å². The molecule has 2 aromatic rings. The molecule has 0 spiro atoms. The van der Waals surface area contributed by atoms with E-state index in [0.717, 1.165) is 23.6 Å². The summed E-state index contributed by atoms with van der Waals surface area (Å²) in [6.45, 7) is 10.4. The van der Waals surface area contributed by atoms with Gasteiger partial charge in [-0.3, -0.25) is 14.4 Å². The summed E-state index contributed by atoms with van der Waals surface area (Å²) in [7, 11) is 0. The summed E-state index contributed by atoms with van der Waals surface area (Å²) in [5.74, 6) is -0.588. The van der Waals surface area contributed by atoms with Crippen molar-refractivity contribution in [1.82, 2.24) is 25.7 Å². The number of hydrogen-bond acceptors (Lipinski definition) is 6. The van der Waals surface area contributed by atoms with Crippen LogP contribution in [0.2, 0.25) is 0 Å². The van der Waals surface area contributed by atoms with Crippen molar-refractivity contribution in [2.45, 2.75) is 65.6 Å². The number of carbonyl (C=O) groups excluding carboxylic acids is 3. The Labute approximate surface area is 217 Å². The molecule has 194 valence electrons. The van der Waals surface area contributed by atoms with E-state index in [0.29, 0.717) is 12.2 Å². The fourth-order valence-corrected chi connectivity index (χ4v) is 5.89. The molecule has 5 atom stereocenters. The Hall–Kier alpha value is -3.54. The molecule has 1 aromatic heterocycles. The highest BCUT2D eigenvalue weighted by atomic mass is 16.2. The molecule has 3 amide bonds. The van der Waals surface area contributed by atoms with Crippen LogP contribution in [0.5, 0.6) is 0 Å².